The first-order valence-electron chi connectivity index (χ1n) is 6.45. The average molecular weight is 327 g/mol. The van der Waals surface area contributed by atoms with Crippen LogP contribution in [-0.4, -0.2) is 15.5 Å². The molecule has 0 radical (unpaired) electrons. The number of sulfonamides is 1. The van der Waals surface area contributed by atoms with Gasteiger partial charge in [0.1, 0.15) is 17.4 Å². The van der Waals surface area contributed by atoms with Crippen LogP contribution in [0, 0.1) is 11.6 Å². The van der Waals surface area contributed by atoms with Crippen LogP contribution in [0.3, 0.4) is 0 Å². The Labute approximate surface area is 127 Å². The summed E-state index contributed by atoms with van der Waals surface area (Å²) in [6.45, 7) is 1.48. The third-order valence-electron chi connectivity index (χ3n) is 3.13. The lowest BCUT2D eigenvalue weighted by Gasteiger charge is -2.15. The third kappa shape index (κ3) is 3.61. The molecule has 7 heteroatoms. The van der Waals surface area contributed by atoms with Crippen LogP contribution >= 0.6 is 0 Å². The summed E-state index contributed by atoms with van der Waals surface area (Å²) in [5, 5.41) is 0. The molecular formula is C15H15F2NO3S. The summed E-state index contributed by atoms with van der Waals surface area (Å²) < 4.78 is 58.4. The minimum absolute atomic E-state index is 0.0302. The molecule has 0 heterocycles. The lowest BCUT2D eigenvalue weighted by Crippen LogP contribution is -2.27. The molecule has 0 fully saturated rings. The van der Waals surface area contributed by atoms with Crippen molar-refractivity contribution >= 4 is 10.0 Å². The van der Waals surface area contributed by atoms with E-state index in [2.05, 4.69) is 4.72 Å². The Hall–Kier alpha value is -1.99. The fraction of sp³-hybridized carbons (Fsp3) is 0.200. The van der Waals surface area contributed by atoms with Crippen molar-refractivity contribution in [2.75, 3.05) is 7.11 Å². The number of nitrogens with one attached hydrogen (secondary N) is 1. The van der Waals surface area contributed by atoms with Gasteiger partial charge in [-0.05, 0) is 37.3 Å². The van der Waals surface area contributed by atoms with E-state index < -0.39 is 27.7 Å². The van der Waals surface area contributed by atoms with Gasteiger partial charge in [0.2, 0.25) is 10.0 Å². The highest BCUT2D eigenvalue weighted by atomic mass is 32.2. The van der Waals surface area contributed by atoms with Crippen LogP contribution in [-0.2, 0) is 10.0 Å². The van der Waals surface area contributed by atoms with Crippen molar-refractivity contribution in [1.29, 1.82) is 0 Å². The maximum Gasteiger partial charge on any atom is 0.241 e. The van der Waals surface area contributed by atoms with Crippen LogP contribution in [0.2, 0.25) is 0 Å². The highest BCUT2D eigenvalue weighted by molar-refractivity contribution is 7.89. The van der Waals surface area contributed by atoms with Crippen LogP contribution in [0.5, 0.6) is 5.75 Å². The Morgan fingerprint density at radius 2 is 1.73 bits per heavy atom. The predicted molar refractivity (Wildman–Crippen MR) is 78.1 cm³/mol. The molecule has 0 spiro atoms. The first kappa shape index (κ1) is 16.4. The smallest absolute Gasteiger partial charge is 0.241 e. The quantitative estimate of drug-likeness (QED) is 0.918. The molecule has 0 amide bonds. The van der Waals surface area contributed by atoms with Crippen molar-refractivity contribution in [3.8, 4) is 5.75 Å². The van der Waals surface area contributed by atoms with Crippen molar-refractivity contribution < 1.29 is 21.9 Å². The zero-order valence-electron chi connectivity index (χ0n) is 12.0. The van der Waals surface area contributed by atoms with E-state index in [1.54, 1.807) is 0 Å². The van der Waals surface area contributed by atoms with Gasteiger partial charge in [0.15, 0.2) is 0 Å². The second-order valence-corrected chi connectivity index (χ2v) is 6.40. The molecule has 4 nitrogen and oxygen atoms in total. The Kier molecular flexibility index (Phi) is 4.77. The van der Waals surface area contributed by atoms with Crippen molar-refractivity contribution in [3.63, 3.8) is 0 Å². The summed E-state index contributed by atoms with van der Waals surface area (Å²) >= 11 is 0. The number of ether oxygens (including phenoxy) is 1. The summed E-state index contributed by atoms with van der Waals surface area (Å²) in [7, 11) is -2.35. The number of benzene rings is 2. The minimum atomic E-state index is -3.83. The number of halogens is 2. The number of rotatable bonds is 5. The Morgan fingerprint density at radius 3 is 2.27 bits per heavy atom. The molecule has 2 aromatic rings. The molecule has 1 unspecified atom stereocenters. The Bertz CT molecular complexity index is 761. The molecule has 2 rings (SSSR count). The average Bonchev–Trinajstić information content (AvgIpc) is 2.46. The maximum absolute atomic E-state index is 13.7. The van der Waals surface area contributed by atoms with E-state index >= 15 is 0 Å². The normalized spacial score (nSPS) is 12.9. The predicted octanol–water partition coefficient (Wildman–Crippen LogP) is 3.01. The highest BCUT2D eigenvalue weighted by Gasteiger charge is 2.20. The topological polar surface area (TPSA) is 55.4 Å². The zero-order valence-corrected chi connectivity index (χ0v) is 12.8. The van der Waals surface area contributed by atoms with E-state index in [1.165, 1.54) is 44.4 Å². The monoisotopic (exact) mass is 327 g/mol. The van der Waals surface area contributed by atoms with Crippen LogP contribution in [0.4, 0.5) is 8.78 Å². The van der Waals surface area contributed by atoms with Gasteiger partial charge in [-0.1, -0.05) is 6.07 Å². The second-order valence-electron chi connectivity index (χ2n) is 4.68. The molecule has 0 bridgehead atoms. The number of hydrogen-bond donors (Lipinski definition) is 1. The molecule has 0 saturated heterocycles. The fourth-order valence-corrected chi connectivity index (χ4v) is 3.19. The van der Waals surface area contributed by atoms with E-state index in [0.29, 0.717) is 11.8 Å². The van der Waals surface area contributed by atoms with E-state index in [0.717, 1.165) is 6.07 Å². The van der Waals surface area contributed by atoms with Crippen LogP contribution in [0.15, 0.2) is 47.4 Å². The van der Waals surface area contributed by atoms with Crippen LogP contribution < -0.4 is 9.46 Å². The van der Waals surface area contributed by atoms with Gasteiger partial charge in [-0.2, -0.15) is 0 Å². The van der Waals surface area contributed by atoms with Gasteiger partial charge in [-0.3, -0.25) is 0 Å². The summed E-state index contributed by atoms with van der Waals surface area (Å²) in [4.78, 5) is 0.0302. The van der Waals surface area contributed by atoms with Gasteiger partial charge in [-0.25, -0.2) is 21.9 Å². The minimum Gasteiger partial charge on any atom is -0.497 e. The zero-order chi connectivity index (χ0) is 16.3. The molecular weight excluding hydrogens is 312 g/mol. The molecule has 118 valence electrons. The number of hydrogen-bond acceptors (Lipinski definition) is 3. The standard InChI is InChI=1S/C15H15F2NO3S/c1-10(14-8-3-11(16)9-15(14)17)18-22(19,20)13-6-4-12(21-2)5-7-13/h3-10,18H,1-2H3. The van der Waals surface area contributed by atoms with Crippen molar-refractivity contribution in [2.45, 2.75) is 17.9 Å². The van der Waals surface area contributed by atoms with Gasteiger partial charge in [0, 0.05) is 17.7 Å². The van der Waals surface area contributed by atoms with Crippen molar-refractivity contribution in [1.82, 2.24) is 4.72 Å². The molecule has 0 aliphatic carbocycles. The molecule has 1 N–H and O–H groups in total. The first-order chi connectivity index (χ1) is 10.3. The molecule has 0 aliphatic heterocycles. The van der Waals surface area contributed by atoms with Crippen LogP contribution in [0.1, 0.15) is 18.5 Å². The molecule has 22 heavy (non-hydrogen) atoms. The van der Waals surface area contributed by atoms with Gasteiger partial charge in [0.25, 0.3) is 0 Å². The van der Waals surface area contributed by atoms with Crippen molar-refractivity contribution in [2.24, 2.45) is 0 Å². The SMILES string of the molecule is COc1ccc(S(=O)(=O)NC(C)c2ccc(F)cc2F)cc1. The summed E-state index contributed by atoms with van der Waals surface area (Å²) in [6.07, 6.45) is 0. The maximum atomic E-state index is 13.7. The second kappa shape index (κ2) is 6.41. The Morgan fingerprint density at radius 1 is 1.09 bits per heavy atom. The van der Waals surface area contributed by atoms with Gasteiger partial charge in [-0.15, -0.1) is 0 Å². The lowest BCUT2D eigenvalue weighted by molar-refractivity contribution is 0.414. The van der Waals surface area contributed by atoms with E-state index in [4.69, 9.17) is 4.74 Å². The van der Waals surface area contributed by atoms with Gasteiger partial charge in [0.05, 0.1) is 12.0 Å². The molecule has 0 aliphatic rings. The third-order valence-corrected chi connectivity index (χ3v) is 4.69. The Balaban J connectivity index is 2.23. The van der Waals surface area contributed by atoms with Gasteiger partial charge >= 0.3 is 0 Å². The van der Waals surface area contributed by atoms with E-state index in [9.17, 15) is 17.2 Å². The largest absolute Gasteiger partial charge is 0.497 e. The molecule has 2 aromatic carbocycles. The lowest BCUT2D eigenvalue weighted by atomic mass is 10.1. The molecule has 0 saturated carbocycles. The first-order valence-corrected chi connectivity index (χ1v) is 7.93. The summed E-state index contributed by atoms with van der Waals surface area (Å²) in [5.41, 5.74) is 0.0680. The summed E-state index contributed by atoms with van der Waals surface area (Å²) in [5.74, 6) is -0.993. The molecule has 0 aromatic heterocycles. The fourth-order valence-electron chi connectivity index (χ4n) is 1.97. The van der Waals surface area contributed by atoms with Crippen LogP contribution in [0.25, 0.3) is 0 Å². The van der Waals surface area contributed by atoms with Gasteiger partial charge < -0.3 is 4.74 Å². The van der Waals surface area contributed by atoms with E-state index in [-0.39, 0.29) is 10.5 Å². The summed E-state index contributed by atoms with van der Waals surface area (Å²) in [6, 6.07) is 7.96. The van der Waals surface area contributed by atoms with Crippen molar-refractivity contribution in [3.05, 3.63) is 59.7 Å². The van der Waals surface area contributed by atoms with E-state index in [1.807, 2.05) is 0 Å². The number of methoxy groups -OCH3 is 1. The highest BCUT2D eigenvalue weighted by Crippen LogP contribution is 2.21. The molecule has 1 atom stereocenters.